The lowest BCUT2D eigenvalue weighted by Gasteiger charge is -2.36. The second kappa shape index (κ2) is 14.3. The van der Waals surface area contributed by atoms with E-state index in [9.17, 15) is 10.2 Å². The third-order valence-electron chi connectivity index (χ3n) is 9.58. The Morgan fingerprint density at radius 3 is 1.27 bits per heavy atom. The number of benzene rings is 4. The van der Waals surface area contributed by atoms with Crippen LogP contribution in [-0.4, -0.2) is 94.8 Å². The zero-order chi connectivity index (χ0) is 33.0. The smallest absolute Gasteiger partial charge is 0.118 e. The van der Waals surface area contributed by atoms with Crippen LogP contribution < -0.4 is 9.47 Å². The third kappa shape index (κ3) is 6.84. The van der Waals surface area contributed by atoms with Crippen molar-refractivity contribution in [2.75, 3.05) is 53.5 Å². The Balaban J connectivity index is 0.970. The van der Waals surface area contributed by atoms with Gasteiger partial charge in [0.2, 0.25) is 0 Å². The van der Waals surface area contributed by atoms with E-state index in [-0.39, 0.29) is 0 Å². The van der Waals surface area contributed by atoms with Gasteiger partial charge in [0, 0.05) is 72.5 Å². The summed E-state index contributed by atoms with van der Waals surface area (Å²) in [6, 6.07) is 37.3. The van der Waals surface area contributed by atoms with Crippen molar-refractivity contribution < 1.29 is 19.7 Å². The van der Waals surface area contributed by atoms with Crippen LogP contribution in [0.1, 0.15) is 0 Å². The first-order valence-electron chi connectivity index (χ1n) is 16.8. The molecule has 2 atom stereocenters. The maximum absolute atomic E-state index is 11.3. The van der Waals surface area contributed by atoms with Gasteiger partial charge in [-0.25, -0.2) is 0 Å². The van der Waals surface area contributed by atoms with E-state index in [1.54, 1.807) is 14.2 Å². The van der Waals surface area contributed by atoms with Crippen LogP contribution in [0, 0.1) is 0 Å². The summed E-state index contributed by atoms with van der Waals surface area (Å²) in [5.41, 5.74) is 6.59. The number of nitrogens with zero attached hydrogens (tertiary/aromatic N) is 4. The van der Waals surface area contributed by atoms with E-state index < -0.39 is 12.2 Å². The number of rotatable bonds is 12. The Kier molecular flexibility index (Phi) is 9.50. The molecule has 3 heterocycles. The summed E-state index contributed by atoms with van der Waals surface area (Å²) in [5, 5.41) is 25.0. The zero-order valence-corrected chi connectivity index (χ0v) is 27.7. The van der Waals surface area contributed by atoms with E-state index in [1.165, 1.54) is 0 Å². The van der Waals surface area contributed by atoms with Crippen LogP contribution in [0.3, 0.4) is 0 Å². The highest BCUT2D eigenvalue weighted by atomic mass is 16.5. The number of fused-ring (bicyclic) bond motifs is 2. The molecule has 8 nitrogen and oxygen atoms in total. The normalized spacial score (nSPS) is 15.6. The molecule has 0 saturated carbocycles. The van der Waals surface area contributed by atoms with Crippen molar-refractivity contribution in [2.24, 2.45) is 0 Å². The molecule has 1 aliphatic rings. The molecule has 1 saturated heterocycles. The van der Waals surface area contributed by atoms with Crippen molar-refractivity contribution in [1.82, 2.24) is 18.9 Å². The molecule has 1 aliphatic heterocycles. The van der Waals surface area contributed by atoms with Gasteiger partial charge in [0.05, 0.1) is 39.5 Å². The van der Waals surface area contributed by atoms with Gasteiger partial charge in [0.25, 0.3) is 0 Å². The number of aliphatic hydroxyl groups excluding tert-OH is 2. The second-order valence-electron chi connectivity index (χ2n) is 12.8. The van der Waals surface area contributed by atoms with Crippen LogP contribution in [-0.2, 0) is 13.1 Å². The zero-order valence-electron chi connectivity index (χ0n) is 27.7. The number of aliphatic hydroxyl groups is 2. The van der Waals surface area contributed by atoms with Gasteiger partial charge in [0.1, 0.15) is 11.5 Å². The van der Waals surface area contributed by atoms with Gasteiger partial charge in [-0.2, -0.15) is 0 Å². The van der Waals surface area contributed by atoms with Crippen molar-refractivity contribution in [3.05, 3.63) is 109 Å². The number of aromatic nitrogens is 2. The van der Waals surface area contributed by atoms with Crippen LogP contribution in [0.25, 0.3) is 44.3 Å². The van der Waals surface area contributed by atoms with Crippen LogP contribution >= 0.6 is 0 Å². The summed E-state index contributed by atoms with van der Waals surface area (Å²) in [6.07, 6.45) is -1.04. The van der Waals surface area contributed by atoms with Crippen molar-refractivity contribution >= 4 is 21.8 Å². The molecular formula is C40H44N4O4. The number of ether oxygens (including phenoxy) is 2. The molecular weight excluding hydrogens is 600 g/mol. The number of piperazine rings is 1. The van der Waals surface area contributed by atoms with E-state index >= 15 is 0 Å². The predicted molar refractivity (Wildman–Crippen MR) is 193 cm³/mol. The molecule has 0 unspecified atom stereocenters. The number of methoxy groups -OCH3 is 2. The van der Waals surface area contributed by atoms with Gasteiger partial charge in [-0.15, -0.1) is 0 Å². The van der Waals surface area contributed by atoms with Crippen LogP contribution in [0.4, 0.5) is 0 Å². The first-order chi connectivity index (χ1) is 23.5. The molecule has 0 aliphatic carbocycles. The summed E-state index contributed by atoms with van der Waals surface area (Å²) in [5.74, 6) is 1.65. The Morgan fingerprint density at radius 2 is 0.896 bits per heavy atom. The molecule has 2 aromatic heterocycles. The molecule has 2 N–H and O–H groups in total. The molecule has 1 fully saturated rings. The monoisotopic (exact) mass is 644 g/mol. The first kappa shape index (κ1) is 32.0. The first-order valence-corrected chi connectivity index (χ1v) is 16.8. The SMILES string of the molecule is COc1ccc(-c2cc3ccccc3n2C[C@@H](O)CN2CCN(C[C@H](O)Cn3c(-c4ccc(OC)cc4)cc4ccccc43)CC2)cc1. The molecule has 8 heteroatoms. The molecule has 0 radical (unpaired) electrons. The highest BCUT2D eigenvalue weighted by molar-refractivity contribution is 5.88. The van der Waals surface area contributed by atoms with E-state index in [0.717, 1.165) is 82.0 Å². The molecule has 7 rings (SSSR count). The highest BCUT2D eigenvalue weighted by Gasteiger charge is 2.23. The molecule has 6 aromatic rings. The Hall–Kier alpha value is -4.60. The van der Waals surface area contributed by atoms with Crippen molar-refractivity contribution in [2.45, 2.75) is 25.3 Å². The van der Waals surface area contributed by atoms with E-state index in [0.29, 0.717) is 26.2 Å². The maximum Gasteiger partial charge on any atom is 0.118 e. The fourth-order valence-corrected chi connectivity index (χ4v) is 7.10. The largest absolute Gasteiger partial charge is 0.497 e. The van der Waals surface area contributed by atoms with Gasteiger partial charge in [-0.05, 0) is 83.9 Å². The molecule has 0 amide bonds. The molecule has 0 bridgehead atoms. The van der Waals surface area contributed by atoms with Crippen LogP contribution in [0.2, 0.25) is 0 Å². The van der Waals surface area contributed by atoms with Gasteiger partial charge in [-0.3, -0.25) is 9.80 Å². The Morgan fingerprint density at radius 1 is 0.521 bits per heavy atom. The number of β-amino-alcohol motifs (C(OH)–C–C–N with tert-alkyl or cyclic N) is 2. The summed E-state index contributed by atoms with van der Waals surface area (Å²) in [6.45, 7) is 5.63. The summed E-state index contributed by atoms with van der Waals surface area (Å²) < 4.78 is 15.2. The minimum absolute atomic E-state index is 0.509. The lowest BCUT2D eigenvalue weighted by molar-refractivity contribution is 0.0412. The fraction of sp³-hybridized carbons (Fsp3) is 0.300. The van der Waals surface area contributed by atoms with E-state index in [2.05, 4.69) is 104 Å². The average Bonchev–Trinajstić information content (AvgIpc) is 3.67. The Labute approximate surface area is 282 Å². The van der Waals surface area contributed by atoms with Crippen LogP contribution in [0.15, 0.2) is 109 Å². The molecule has 248 valence electrons. The number of hydrogen-bond acceptors (Lipinski definition) is 6. The van der Waals surface area contributed by atoms with Crippen molar-refractivity contribution in [1.29, 1.82) is 0 Å². The van der Waals surface area contributed by atoms with Gasteiger partial charge >= 0.3 is 0 Å². The van der Waals surface area contributed by atoms with Crippen molar-refractivity contribution in [3.63, 3.8) is 0 Å². The van der Waals surface area contributed by atoms with Crippen molar-refractivity contribution in [3.8, 4) is 34.0 Å². The lowest BCUT2D eigenvalue weighted by Crippen LogP contribution is -2.50. The summed E-state index contributed by atoms with van der Waals surface area (Å²) >= 11 is 0. The molecule has 48 heavy (non-hydrogen) atoms. The standard InChI is InChI=1S/C40H44N4O4/c1-47-35-15-11-29(12-16-35)39-23-31-7-3-5-9-37(31)43(39)27-33(45)25-41-19-21-42(22-20-41)26-34(46)28-44-38-10-6-4-8-32(38)24-40(44)30-13-17-36(48-2)18-14-30/h3-18,23-24,33-34,45-46H,19-22,25-28H2,1-2H3/t33-,34-/m0/s1. The molecule has 4 aromatic carbocycles. The minimum Gasteiger partial charge on any atom is -0.497 e. The lowest BCUT2D eigenvalue weighted by atomic mass is 10.1. The van der Waals surface area contributed by atoms with Gasteiger partial charge in [0.15, 0.2) is 0 Å². The van der Waals surface area contributed by atoms with E-state index in [1.807, 2.05) is 24.3 Å². The minimum atomic E-state index is -0.520. The van der Waals surface area contributed by atoms with Gasteiger partial charge in [-0.1, -0.05) is 36.4 Å². The summed E-state index contributed by atoms with van der Waals surface area (Å²) in [7, 11) is 3.35. The quantitative estimate of drug-likeness (QED) is 0.171. The summed E-state index contributed by atoms with van der Waals surface area (Å²) in [4.78, 5) is 4.68. The highest BCUT2D eigenvalue weighted by Crippen LogP contribution is 2.31. The third-order valence-corrected chi connectivity index (χ3v) is 9.58. The topological polar surface area (TPSA) is 75.3 Å². The Bertz CT molecular complexity index is 1810. The number of para-hydroxylation sites is 2. The maximum atomic E-state index is 11.3. The second-order valence-corrected chi connectivity index (χ2v) is 12.8. The average molecular weight is 645 g/mol. The fourth-order valence-electron chi connectivity index (χ4n) is 7.10. The van der Waals surface area contributed by atoms with Gasteiger partial charge < -0.3 is 28.8 Å². The van der Waals surface area contributed by atoms with Crippen LogP contribution in [0.5, 0.6) is 11.5 Å². The molecule has 0 spiro atoms. The predicted octanol–water partition coefficient (Wildman–Crippen LogP) is 5.99. The number of hydrogen-bond donors (Lipinski definition) is 2. The van der Waals surface area contributed by atoms with E-state index in [4.69, 9.17) is 9.47 Å².